The lowest BCUT2D eigenvalue weighted by Gasteiger charge is -2.03. The number of carbonyl (C=O) groups is 1. The van der Waals surface area contributed by atoms with Gasteiger partial charge in [-0.3, -0.25) is 4.79 Å². The van der Waals surface area contributed by atoms with Gasteiger partial charge in [0, 0.05) is 5.56 Å². The predicted molar refractivity (Wildman–Crippen MR) is 59.3 cm³/mol. The first-order valence-corrected chi connectivity index (χ1v) is 5.23. The summed E-state index contributed by atoms with van der Waals surface area (Å²) in [4.78, 5) is 11.0. The van der Waals surface area contributed by atoms with Crippen LogP contribution in [-0.2, 0) is 6.18 Å². The Bertz CT molecular complexity index is 573. The van der Waals surface area contributed by atoms with Gasteiger partial charge in [0.25, 0.3) is 5.24 Å². The van der Waals surface area contributed by atoms with E-state index in [1.54, 1.807) is 30.3 Å². The van der Waals surface area contributed by atoms with Gasteiger partial charge in [-0.15, -0.1) is 0 Å². The molecule has 0 atom stereocenters. The Hall–Kier alpha value is -1.75. The molecule has 18 heavy (non-hydrogen) atoms. The van der Waals surface area contributed by atoms with Crippen LogP contribution in [0.25, 0.3) is 11.3 Å². The summed E-state index contributed by atoms with van der Waals surface area (Å²) in [6.45, 7) is 0. The third-order valence-electron chi connectivity index (χ3n) is 2.26. The van der Waals surface area contributed by atoms with Crippen molar-refractivity contribution in [1.82, 2.24) is 0 Å². The second kappa shape index (κ2) is 4.49. The summed E-state index contributed by atoms with van der Waals surface area (Å²) in [6.07, 6.45) is -4.76. The van der Waals surface area contributed by atoms with Gasteiger partial charge in [-0.05, 0) is 17.7 Å². The Morgan fingerprint density at radius 1 is 1.17 bits per heavy atom. The lowest BCUT2D eigenvalue weighted by Crippen LogP contribution is -2.07. The first-order chi connectivity index (χ1) is 8.39. The molecule has 0 aliphatic rings. The van der Waals surface area contributed by atoms with E-state index < -0.39 is 22.7 Å². The quantitative estimate of drug-likeness (QED) is 0.762. The van der Waals surface area contributed by atoms with Crippen molar-refractivity contribution >= 4 is 16.8 Å². The topological polar surface area (TPSA) is 30.2 Å². The first kappa shape index (κ1) is 12.7. The fourth-order valence-electron chi connectivity index (χ4n) is 1.49. The monoisotopic (exact) mass is 274 g/mol. The SMILES string of the molecule is O=C(Cl)c1cc(-c2ccccc2)oc1C(F)(F)F. The van der Waals surface area contributed by atoms with E-state index in [2.05, 4.69) is 0 Å². The van der Waals surface area contributed by atoms with Crippen LogP contribution in [0.2, 0.25) is 0 Å². The predicted octanol–water partition coefficient (Wildman–Crippen LogP) is 4.34. The van der Waals surface area contributed by atoms with E-state index in [-0.39, 0.29) is 5.76 Å². The Morgan fingerprint density at radius 3 is 2.22 bits per heavy atom. The van der Waals surface area contributed by atoms with Crippen LogP contribution in [0, 0.1) is 0 Å². The van der Waals surface area contributed by atoms with E-state index >= 15 is 0 Å². The summed E-state index contributed by atoms with van der Waals surface area (Å²) in [6, 6.07) is 9.14. The van der Waals surface area contributed by atoms with Gasteiger partial charge in [0.05, 0.1) is 5.56 Å². The summed E-state index contributed by atoms with van der Waals surface area (Å²) < 4.78 is 42.6. The number of alkyl halides is 3. The molecule has 0 bridgehead atoms. The summed E-state index contributed by atoms with van der Waals surface area (Å²) in [5.41, 5.74) is -0.241. The van der Waals surface area contributed by atoms with Crippen LogP contribution in [-0.4, -0.2) is 5.24 Å². The number of benzene rings is 1. The minimum absolute atomic E-state index is 0.0491. The molecule has 0 unspecified atom stereocenters. The van der Waals surface area contributed by atoms with Gasteiger partial charge >= 0.3 is 6.18 Å². The van der Waals surface area contributed by atoms with Crippen molar-refractivity contribution in [2.45, 2.75) is 6.18 Å². The highest BCUT2D eigenvalue weighted by Gasteiger charge is 2.40. The highest BCUT2D eigenvalue weighted by Crippen LogP contribution is 2.37. The molecule has 2 rings (SSSR count). The van der Waals surface area contributed by atoms with Crippen molar-refractivity contribution in [1.29, 1.82) is 0 Å². The van der Waals surface area contributed by atoms with Crippen LogP contribution in [0.5, 0.6) is 0 Å². The summed E-state index contributed by atoms with van der Waals surface area (Å²) in [5, 5.41) is -1.20. The van der Waals surface area contributed by atoms with Crippen LogP contribution in [0.15, 0.2) is 40.8 Å². The van der Waals surface area contributed by atoms with Gasteiger partial charge in [-0.25, -0.2) is 0 Å². The van der Waals surface area contributed by atoms with Gasteiger partial charge in [-0.1, -0.05) is 30.3 Å². The molecule has 0 aliphatic heterocycles. The molecule has 1 aromatic carbocycles. The van der Waals surface area contributed by atoms with Crippen molar-refractivity contribution in [3.63, 3.8) is 0 Å². The normalized spacial score (nSPS) is 11.6. The molecule has 0 aliphatic carbocycles. The van der Waals surface area contributed by atoms with Crippen molar-refractivity contribution in [3.05, 3.63) is 47.7 Å². The van der Waals surface area contributed by atoms with Crippen LogP contribution in [0.4, 0.5) is 13.2 Å². The minimum atomic E-state index is -4.76. The van der Waals surface area contributed by atoms with Crippen molar-refractivity contribution in [2.24, 2.45) is 0 Å². The number of furan rings is 1. The maximum absolute atomic E-state index is 12.6. The molecule has 2 aromatic rings. The van der Waals surface area contributed by atoms with Gasteiger partial charge in [0.2, 0.25) is 5.76 Å². The van der Waals surface area contributed by atoms with Crippen LogP contribution in [0.3, 0.4) is 0 Å². The average Bonchev–Trinajstić information content (AvgIpc) is 2.74. The van der Waals surface area contributed by atoms with Crippen LogP contribution in [0.1, 0.15) is 16.1 Å². The van der Waals surface area contributed by atoms with Crippen LogP contribution < -0.4 is 0 Å². The molecular weight excluding hydrogens is 269 g/mol. The van der Waals surface area contributed by atoms with Gasteiger partial charge in [-0.2, -0.15) is 13.2 Å². The largest absolute Gasteiger partial charge is 0.451 e. The zero-order valence-corrected chi connectivity index (χ0v) is 9.55. The van der Waals surface area contributed by atoms with E-state index in [1.807, 2.05) is 0 Å². The van der Waals surface area contributed by atoms with E-state index in [0.717, 1.165) is 6.07 Å². The molecule has 1 heterocycles. The summed E-state index contributed by atoms with van der Waals surface area (Å²) >= 11 is 5.12. The number of carbonyl (C=O) groups excluding carboxylic acids is 1. The van der Waals surface area contributed by atoms with Gasteiger partial charge < -0.3 is 4.42 Å². The Kier molecular flexibility index (Phi) is 3.17. The number of hydrogen-bond donors (Lipinski definition) is 0. The van der Waals surface area contributed by atoms with E-state index in [0.29, 0.717) is 5.56 Å². The van der Waals surface area contributed by atoms with E-state index in [9.17, 15) is 18.0 Å². The standard InChI is InChI=1S/C12H6ClF3O2/c13-11(17)8-6-9(7-4-2-1-3-5-7)18-10(8)12(14,15)16/h1-6H. The molecule has 0 spiro atoms. The zero-order valence-electron chi connectivity index (χ0n) is 8.79. The lowest BCUT2D eigenvalue weighted by atomic mass is 10.1. The molecule has 1 aromatic heterocycles. The minimum Gasteiger partial charge on any atom is -0.451 e. The number of hydrogen-bond acceptors (Lipinski definition) is 2. The third kappa shape index (κ3) is 2.41. The lowest BCUT2D eigenvalue weighted by molar-refractivity contribution is -0.152. The van der Waals surface area contributed by atoms with Crippen molar-refractivity contribution in [3.8, 4) is 11.3 Å². The molecule has 0 saturated carbocycles. The van der Waals surface area contributed by atoms with Crippen molar-refractivity contribution in [2.75, 3.05) is 0 Å². The number of rotatable bonds is 2. The van der Waals surface area contributed by atoms with Gasteiger partial charge in [0.15, 0.2) is 0 Å². The highest BCUT2D eigenvalue weighted by atomic mass is 35.5. The smallest absolute Gasteiger partial charge is 0.450 e. The third-order valence-corrected chi connectivity index (χ3v) is 2.46. The van der Waals surface area contributed by atoms with E-state index in [1.165, 1.54) is 0 Å². The van der Waals surface area contributed by atoms with Crippen LogP contribution >= 0.6 is 11.6 Å². The average molecular weight is 275 g/mol. The Labute approximate surface area is 105 Å². The highest BCUT2D eigenvalue weighted by molar-refractivity contribution is 6.67. The Balaban J connectivity index is 2.57. The zero-order chi connectivity index (χ0) is 13.3. The van der Waals surface area contributed by atoms with Gasteiger partial charge in [0.1, 0.15) is 5.76 Å². The second-order valence-electron chi connectivity index (χ2n) is 3.49. The molecule has 0 amide bonds. The second-order valence-corrected chi connectivity index (χ2v) is 3.83. The number of halogens is 4. The van der Waals surface area contributed by atoms with Crippen molar-refractivity contribution < 1.29 is 22.4 Å². The molecule has 6 heteroatoms. The summed E-state index contributed by atoms with van der Waals surface area (Å²) in [7, 11) is 0. The molecule has 0 radical (unpaired) electrons. The fraction of sp³-hybridized carbons (Fsp3) is 0.0833. The molecular formula is C12H6ClF3O2. The Morgan fingerprint density at radius 2 is 1.78 bits per heavy atom. The maximum Gasteiger partial charge on any atom is 0.450 e. The van der Waals surface area contributed by atoms with E-state index in [4.69, 9.17) is 16.0 Å². The molecule has 0 fully saturated rings. The maximum atomic E-state index is 12.6. The first-order valence-electron chi connectivity index (χ1n) is 4.86. The molecule has 0 saturated heterocycles. The fourth-order valence-corrected chi connectivity index (χ4v) is 1.63. The molecule has 94 valence electrons. The summed E-state index contributed by atoms with van der Waals surface area (Å²) in [5.74, 6) is -1.42. The molecule has 0 N–H and O–H groups in total. The molecule has 2 nitrogen and oxygen atoms in total.